The van der Waals surface area contributed by atoms with E-state index in [1.54, 1.807) is 6.92 Å². The summed E-state index contributed by atoms with van der Waals surface area (Å²) in [6, 6.07) is 0. The first-order valence-corrected chi connectivity index (χ1v) is 8.79. The highest BCUT2D eigenvalue weighted by molar-refractivity contribution is 7.91. The second-order valence-corrected chi connectivity index (χ2v) is 8.24. The van der Waals surface area contributed by atoms with Gasteiger partial charge in [-0.2, -0.15) is 0 Å². The van der Waals surface area contributed by atoms with Crippen LogP contribution in [0.15, 0.2) is 4.21 Å². The Bertz CT molecular complexity index is 507. The van der Waals surface area contributed by atoms with Crippen LogP contribution in [-0.2, 0) is 10.0 Å². The molecule has 1 fully saturated rings. The molecule has 0 amide bonds. The van der Waals surface area contributed by atoms with Crippen molar-refractivity contribution in [2.24, 2.45) is 5.92 Å². The molecule has 1 aliphatic carbocycles. The second-order valence-electron chi connectivity index (χ2n) is 4.70. The van der Waals surface area contributed by atoms with Crippen LogP contribution < -0.4 is 4.72 Å². The van der Waals surface area contributed by atoms with E-state index in [2.05, 4.69) is 9.71 Å². The number of rotatable bonds is 4. The minimum absolute atomic E-state index is 0.239. The monoisotopic (exact) mass is 308 g/mol. The Labute approximate surface area is 117 Å². The highest BCUT2D eigenvalue weighted by atomic mass is 35.5. The molecule has 4 nitrogen and oxygen atoms in total. The number of sulfonamides is 1. The van der Waals surface area contributed by atoms with E-state index in [-0.39, 0.29) is 8.68 Å². The third kappa shape index (κ3) is 3.44. The van der Waals surface area contributed by atoms with Gasteiger partial charge in [-0.25, -0.2) is 18.1 Å². The fourth-order valence-corrected chi connectivity index (χ4v) is 5.18. The molecule has 1 aromatic rings. The van der Waals surface area contributed by atoms with Gasteiger partial charge in [0, 0.05) is 6.54 Å². The Morgan fingerprint density at radius 2 is 2.06 bits per heavy atom. The van der Waals surface area contributed by atoms with Gasteiger partial charge in [0.25, 0.3) is 10.0 Å². The van der Waals surface area contributed by atoms with Crippen LogP contribution in [0.1, 0.15) is 37.8 Å². The molecule has 7 heteroatoms. The minimum atomic E-state index is -3.45. The van der Waals surface area contributed by atoms with Crippen LogP contribution in [-0.4, -0.2) is 19.9 Å². The molecule has 0 unspecified atom stereocenters. The Hall–Kier alpha value is -0.170. The Kier molecular flexibility index (Phi) is 4.64. The summed E-state index contributed by atoms with van der Waals surface area (Å²) in [7, 11) is -3.45. The number of halogens is 1. The van der Waals surface area contributed by atoms with Gasteiger partial charge in [-0.1, -0.05) is 42.2 Å². The standard InChI is InChI=1S/C11H17ClN2O2S2/c1-8-10(17-11(12)14-8)18(15,16)13-7-9-5-3-2-4-6-9/h9,13H,2-7H2,1H3. The van der Waals surface area contributed by atoms with Crippen LogP contribution in [0.25, 0.3) is 0 Å². The van der Waals surface area contributed by atoms with Crippen LogP contribution in [0.2, 0.25) is 4.47 Å². The van der Waals surface area contributed by atoms with Crippen LogP contribution in [0, 0.1) is 12.8 Å². The molecule has 2 rings (SSSR count). The van der Waals surface area contributed by atoms with Gasteiger partial charge in [0.05, 0.1) is 5.69 Å². The van der Waals surface area contributed by atoms with E-state index < -0.39 is 10.0 Å². The average molecular weight is 309 g/mol. The topological polar surface area (TPSA) is 59.1 Å². The molecule has 1 aliphatic rings. The van der Waals surface area contributed by atoms with Crippen molar-refractivity contribution in [3.05, 3.63) is 10.2 Å². The summed E-state index contributed by atoms with van der Waals surface area (Å²) in [6.45, 7) is 2.19. The largest absolute Gasteiger partial charge is 0.251 e. The number of thiazole rings is 1. The van der Waals surface area contributed by atoms with E-state index in [1.807, 2.05) is 0 Å². The lowest BCUT2D eigenvalue weighted by Crippen LogP contribution is -2.30. The molecule has 0 radical (unpaired) electrons. The highest BCUT2D eigenvalue weighted by Gasteiger charge is 2.23. The van der Waals surface area contributed by atoms with Gasteiger partial charge in [-0.15, -0.1) is 0 Å². The number of hydrogen-bond donors (Lipinski definition) is 1. The Morgan fingerprint density at radius 3 is 2.61 bits per heavy atom. The average Bonchev–Trinajstić information content (AvgIpc) is 2.68. The van der Waals surface area contributed by atoms with Gasteiger partial charge >= 0.3 is 0 Å². The SMILES string of the molecule is Cc1nc(Cl)sc1S(=O)(=O)NCC1CCCCC1. The summed E-state index contributed by atoms with van der Waals surface area (Å²) in [5.74, 6) is 0.470. The molecule has 18 heavy (non-hydrogen) atoms. The van der Waals surface area contributed by atoms with Crippen LogP contribution in [0.4, 0.5) is 0 Å². The van der Waals surface area contributed by atoms with Crippen molar-refractivity contribution in [1.29, 1.82) is 0 Å². The van der Waals surface area contributed by atoms with E-state index in [0.29, 0.717) is 18.2 Å². The van der Waals surface area contributed by atoms with Crippen LogP contribution >= 0.6 is 22.9 Å². The second kappa shape index (κ2) is 5.86. The molecular formula is C11H17ClN2O2S2. The first-order chi connectivity index (χ1) is 8.49. The van der Waals surface area contributed by atoms with Crippen molar-refractivity contribution in [2.75, 3.05) is 6.54 Å². The third-order valence-corrected chi connectivity index (χ3v) is 6.55. The number of nitrogens with one attached hydrogen (secondary N) is 1. The number of hydrogen-bond acceptors (Lipinski definition) is 4. The zero-order valence-corrected chi connectivity index (χ0v) is 12.7. The van der Waals surface area contributed by atoms with Crippen LogP contribution in [0.3, 0.4) is 0 Å². The lowest BCUT2D eigenvalue weighted by Gasteiger charge is -2.21. The minimum Gasteiger partial charge on any atom is -0.229 e. The molecule has 0 saturated heterocycles. The van der Waals surface area contributed by atoms with E-state index in [1.165, 1.54) is 19.3 Å². The van der Waals surface area contributed by atoms with Crippen molar-refractivity contribution in [1.82, 2.24) is 9.71 Å². The summed E-state index contributed by atoms with van der Waals surface area (Å²) in [5.41, 5.74) is 0.473. The third-order valence-electron chi connectivity index (χ3n) is 3.26. The lowest BCUT2D eigenvalue weighted by molar-refractivity contribution is 0.357. The molecule has 0 aliphatic heterocycles. The Balaban J connectivity index is 2.01. The van der Waals surface area contributed by atoms with Gasteiger partial charge in [-0.05, 0) is 25.7 Å². The Morgan fingerprint density at radius 1 is 1.39 bits per heavy atom. The zero-order chi connectivity index (χ0) is 13.2. The van der Waals surface area contributed by atoms with Gasteiger partial charge in [0.15, 0.2) is 8.68 Å². The van der Waals surface area contributed by atoms with Gasteiger partial charge in [0.1, 0.15) is 0 Å². The number of aromatic nitrogens is 1. The van der Waals surface area contributed by atoms with Gasteiger partial charge in [-0.3, -0.25) is 0 Å². The first kappa shape index (κ1) is 14.2. The number of aryl methyl sites for hydroxylation is 1. The molecule has 1 aromatic heterocycles. The maximum absolute atomic E-state index is 12.1. The summed E-state index contributed by atoms with van der Waals surface area (Å²) in [4.78, 5) is 3.94. The maximum Gasteiger partial charge on any atom is 0.251 e. The quantitative estimate of drug-likeness (QED) is 0.930. The number of nitrogens with zero attached hydrogens (tertiary/aromatic N) is 1. The van der Waals surface area contributed by atoms with Crippen molar-refractivity contribution < 1.29 is 8.42 Å². The molecule has 1 N–H and O–H groups in total. The van der Waals surface area contributed by atoms with Crippen molar-refractivity contribution in [3.8, 4) is 0 Å². The molecule has 0 aromatic carbocycles. The lowest BCUT2D eigenvalue weighted by atomic mass is 9.90. The molecule has 1 saturated carbocycles. The fourth-order valence-electron chi connectivity index (χ4n) is 2.28. The van der Waals surface area contributed by atoms with E-state index in [9.17, 15) is 8.42 Å². The predicted molar refractivity (Wildman–Crippen MR) is 73.6 cm³/mol. The normalized spacial score (nSPS) is 18.1. The molecule has 0 spiro atoms. The van der Waals surface area contributed by atoms with Crippen LogP contribution in [0.5, 0.6) is 0 Å². The fraction of sp³-hybridized carbons (Fsp3) is 0.727. The molecular weight excluding hydrogens is 292 g/mol. The van der Waals surface area contributed by atoms with Crippen molar-refractivity contribution in [3.63, 3.8) is 0 Å². The first-order valence-electron chi connectivity index (χ1n) is 6.11. The molecule has 0 bridgehead atoms. The molecule has 0 atom stereocenters. The maximum atomic E-state index is 12.1. The smallest absolute Gasteiger partial charge is 0.229 e. The van der Waals surface area contributed by atoms with E-state index in [0.717, 1.165) is 24.2 Å². The van der Waals surface area contributed by atoms with E-state index in [4.69, 9.17) is 11.6 Å². The van der Waals surface area contributed by atoms with Gasteiger partial charge < -0.3 is 0 Å². The van der Waals surface area contributed by atoms with E-state index >= 15 is 0 Å². The summed E-state index contributed by atoms with van der Waals surface area (Å²) >= 11 is 6.75. The summed E-state index contributed by atoms with van der Waals surface area (Å²) in [5, 5.41) is 0. The predicted octanol–water partition coefficient (Wildman–Crippen LogP) is 2.96. The molecule has 1 heterocycles. The van der Waals surface area contributed by atoms with Crippen molar-refractivity contribution in [2.45, 2.75) is 43.2 Å². The highest BCUT2D eigenvalue weighted by Crippen LogP contribution is 2.27. The summed E-state index contributed by atoms with van der Waals surface area (Å²) in [6.07, 6.45) is 5.92. The summed E-state index contributed by atoms with van der Waals surface area (Å²) < 4.78 is 27.4. The zero-order valence-electron chi connectivity index (χ0n) is 10.3. The van der Waals surface area contributed by atoms with Crippen molar-refractivity contribution >= 4 is 33.0 Å². The van der Waals surface area contributed by atoms with Gasteiger partial charge in [0.2, 0.25) is 0 Å². The molecule has 102 valence electrons.